The molecular weight excluding hydrogens is 2170 g/mol. The first-order valence-corrected chi connectivity index (χ1v) is 55.0. The van der Waals surface area contributed by atoms with Gasteiger partial charge in [0.15, 0.2) is 33.5 Å². The van der Waals surface area contributed by atoms with Crippen molar-refractivity contribution in [3.8, 4) is 0 Å². The molecule has 8 aliphatic heterocycles. The molecule has 8 aliphatic rings. The van der Waals surface area contributed by atoms with E-state index in [2.05, 4.69) is 64.8 Å². The Morgan fingerprint density at radius 2 is 0.540 bits per heavy atom. The lowest BCUT2D eigenvalue weighted by molar-refractivity contribution is -0.0635. The minimum Gasteiger partial charge on any atom is -0.394 e. The number of anilines is 7. The van der Waals surface area contributed by atoms with E-state index in [-0.39, 0.29) is 94.5 Å². The molecule has 10 aromatic heterocycles. The normalized spacial score (nSPS) is 30.5. The number of phosphoric ester groups is 7. The monoisotopic (exact) mass is 2260 g/mol. The van der Waals surface area contributed by atoms with Crippen LogP contribution in [0.3, 0.4) is 0 Å². The van der Waals surface area contributed by atoms with Gasteiger partial charge in [0, 0.05) is 82.8 Å². The molecule has 18 rings (SSSR count). The molecule has 0 radical (unpaired) electrons. The van der Waals surface area contributed by atoms with Gasteiger partial charge in [0.25, 0.3) is 16.7 Å². The summed E-state index contributed by atoms with van der Waals surface area (Å²) in [5, 5.41) is 21.1. The van der Waals surface area contributed by atoms with Gasteiger partial charge in [0.05, 0.1) is 77.9 Å². The van der Waals surface area contributed by atoms with Crippen LogP contribution in [0.2, 0.25) is 0 Å². The summed E-state index contributed by atoms with van der Waals surface area (Å²) >= 11 is 0. The smallest absolute Gasteiger partial charge is 0.394 e. The Labute approximate surface area is 833 Å². The lowest BCUT2D eigenvalue weighted by atomic mass is 10.2. The standard InChI is InChI=1S/C71H94N27O45P7/c72-45-1-6-92(68(104)82-45)49-11-29(100)38(131-49)19-123-145(110,111)142-35-16-54(97-27-80-57-60(97)87-66(77)90-63(57)102)135-43(35)24-128-148(116,117)140-33-14-51(94-8-3-47(74)84-70(94)106)132-40(33)21-125-144(108,109)137-30-5-10-122-39(30)20-124-146(112,113)139-32-13-50(93-7-2-46(73)83-69(93)105)134-42(32)23-127-150(120,121)143-36-17-55(98-28-81-58-61(98)88-67(78)91-64(58)103)136-44(36)25-129-149(118,119)141-34-15-52(95-9-4-48(75)85-71(95)107)133-41(34)22-126-147(114,115)138-31-12-53(130-37(31)18-99)96-26-79-56-59(96)86-65(76)89-62(56)101/h1-4,6-9,26-44,49-55,99-100H,5,10-25H2,(H,108,109)(H,110,111)(H,112,113)(H,114,115)(H,116,117)(H,118,119)(H,120,121)(H2,72,82,104)(H2,73,83,105)(H2,74,84,106)(H2,75,85,107)(H3,76,86,89,101)(H3,77,87,90,102)(H3,78,88,91,103)/t29-,30-,31-,32-,33-,34-,35-,36-,37+,38+,39+,40+,41+,42+,43+,44+,49+,50+,51+,52+,53+,54+,55+/m0/s1. The van der Waals surface area contributed by atoms with E-state index in [0.29, 0.717) is 0 Å². The van der Waals surface area contributed by atoms with Crippen LogP contribution >= 0.6 is 54.8 Å². The topological polar surface area (TPSA) is 1020 Å². The number of aromatic amines is 3. The highest BCUT2D eigenvalue weighted by molar-refractivity contribution is 7.49. The number of phosphoric acid groups is 7. The number of imidazole rings is 3. The van der Waals surface area contributed by atoms with Crippen LogP contribution in [0.4, 0.5) is 41.1 Å². The number of aliphatic hydroxyl groups is 2. The van der Waals surface area contributed by atoms with Crippen LogP contribution in [-0.2, 0) is 133 Å². The van der Waals surface area contributed by atoms with E-state index in [1.165, 1.54) is 39.9 Å². The van der Waals surface area contributed by atoms with Gasteiger partial charge >= 0.3 is 77.5 Å². The zero-order valence-electron chi connectivity index (χ0n) is 76.6. The second-order valence-electron chi connectivity index (χ2n) is 34.4. The largest absolute Gasteiger partial charge is 0.472 e. The number of nitrogens with zero attached hydrogens (tertiary/aromatic N) is 17. The number of hydrogen-bond donors (Lipinski definition) is 19. The van der Waals surface area contributed by atoms with E-state index in [9.17, 15) is 110 Å². The predicted molar refractivity (Wildman–Crippen MR) is 491 cm³/mol. The van der Waals surface area contributed by atoms with Gasteiger partial charge in [-0.05, 0) is 24.3 Å². The van der Waals surface area contributed by atoms with E-state index >= 15 is 0 Å². The molecule has 0 aromatic carbocycles. The highest BCUT2D eigenvalue weighted by Gasteiger charge is 2.54. The van der Waals surface area contributed by atoms with Gasteiger partial charge in [-0.15, -0.1) is 0 Å². The van der Waals surface area contributed by atoms with E-state index in [1.54, 1.807) is 0 Å². The first-order valence-electron chi connectivity index (χ1n) is 44.6. The number of H-pyrrole nitrogens is 3. The summed E-state index contributed by atoms with van der Waals surface area (Å²) < 4.78 is 231. The fourth-order valence-corrected chi connectivity index (χ4v) is 24.1. The van der Waals surface area contributed by atoms with Crippen LogP contribution in [0.15, 0.2) is 102 Å². The van der Waals surface area contributed by atoms with Crippen molar-refractivity contribution in [2.24, 2.45) is 0 Å². The first kappa shape index (κ1) is 109. The molecule has 7 unspecified atom stereocenters. The Bertz CT molecular complexity index is 7530. The number of ether oxygens (including phenoxy) is 8. The summed E-state index contributed by atoms with van der Waals surface area (Å²) in [6.45, 7) is -8.49. The Morgan fingerprint density at radius 1 is 0.313 bits per heavy atom. The summed E-state index contributed by atoms with van der Waals surface area (Å²) in [5.41, 5.74) is 32.9. The molecule has 79 heteroatoms. The maximum absolute atomic E-state index is 14.5. The maximum atomic E-state index is 14.5. The van der Waals surface area contributed by atoms with Crippen LogP contribution in [0.5, 0.6) is 0 Å². The first-order chi connectivity index (χ1) is 70.9. The van der Waals surface area contributed by atoms with Crippen molar-refractivity contribution in [2.75, 3.05) is 99.6 Å². The molecule has 8 saturated heterocycles. The molecule has 8 fully saturated rings. The van der Waals surface area contributed by atoms with Crippen LogP contribution in [0.1, 0.15) is 95.0 Å². The van der Waals surface area contributed by atoms with Gasteiger partial charge in [-0.1, -0.05) is 0 Å². The van der Waals surface area contributed by atoms with Gasteiger partial charge in [-0.25, -0.2) is 66.1 Å². The third-order valence-electron chi connectivity index (χ3n) is 24.2. The Kier molecular flexibility index (Phi) is 31.9. The number of nitrogen functional groups attached to an aromatic ring is 7. The van der Waals surface area contributed by atoms with Crippen LogP contribution in [0.25, 0.3) is 33.5 Å². The number of rotatable bonds is 43. The fraction of sp³-hybridized carbons (Fsp3) is 0.563. The van der Waals surface area contributed by atoms with Crippen LogP contribution in [-0.4, -0.2) is 298 Å². The minimum absolute atomic E-state index is 0.0540. The summed E-state index contributed by atoms with van der Waals surface area (Å²) in [4.78, 5) is 217. The molecule has 18 heterocycles. The molecule has 150 heavy (non-hydrogen) atoms. The van der Waals surface area contributed by atoms with Crippen molar-refractivity contribution >= 4 is 129 Å². The van der Waals surface area contributed by atoms with Gasteiger partial charge in [-0.3, -0.25) is 125 Å². The second kappa shape index (κ2) is 43.8. The lowest BCUT2D eigenvalue weighted by Gasteiger charge is -2.26. The Hall–Kier alpha value is -10.5. The van der Waals surface area contributed by atoms with Crippen molar-refractivity contribution in [3.05, 3.63) is 141 Å². The number of aliphatic hydroxyl groups excluding tert-OH is 2. The van der Waals surface area contributed by atoms with Gasteiger partial charge < -0.3 is 122 Å². The fourth-order valence-electron chi connectivity index (χ4n) is 17.4. The molecule has 30 atom stereocenters. The average molecular weight is 2260 g/mol. The van der Waals surface area contributed by atoms with Crippen molar-refractivity contribution in [1.29, 1.82) is 0 Å². The predicted octanol–water partition coefficient (Wildman–Crippen LogP) is -3.84. The number of fused-ring (bicyclic) bond motifs is 3. The Morgan fingerprint density at radius 3 is 0.807 bits per heavy atom. The molecular formula is C71H94N27O45P7. The molecule has 0 saturated carbocycles. The van der Waals surface area contributed by atoms with Crippen molar-refractivity contribution in [1.82, 2.24) is 96.8 Å². The van der Waals surface area contributed by atoms with Gasteiger partial charge in [0.2, 0.25) is 17.8 Å². The summed E-state index contributed by atoms with van der Waals surface area (Å²) in [5.74, 6) is -1.94. The lowest BCUT2D eigenvalue weighted by Crippen LogP contribution is -2.32. The number of hydrogen-bond acceptors (Lipinski definition) is 55. The second-order valence-corrected chi connectivity index (χ2v) is 44.2. The molecule has 26 N–H and O–H groups in total. The number of nitrogens with one attached hydrogen (secondary N) is 3. The zero-order chi connectivity index (χ0) is 107. The van der Waals surface area contributed by atoms with E-state index in [0.717, 1.165) is 60.1 Å². The van der Waals surface area contributed by atoms with E-state index in [4.69, 9.17) is 141 Å². The van der Waals surface area contributed by atoms with Gasteiger partial charge in [0.1, 0.15) is 158 Å². The SMILES string of the molecule is Nc1ccn([C@H]2C[C@H](OP(=O)(O)OC[C@H]3O[C@@H](n4cnc5c(=O)[nH]c(N)nc54)C[C@@H]3OP(=O)(O)OC[C@H]3O[C@@H](n4ccc(N)nc4=O)C[C@@H]3O)[C@@H](COP(=O)(O)O[C@H]3CCO[C@@H]3COP(=O)(O)O[C@H]3C[C@H](n4ccc(N)nc4=O)O[C@@H]3COP(=O)(O)O[C@H]3C[C@H](n4cnc5c(=O)[nH]c(N)nc54)O[C@@H]3COP(=O)(O)O[C@H]3C[C@H](n4ccc(N)nc4=O)O[C@@H]3COP(=O)(O)O[C@H]3C[C@H](n4cnc5c(=O)[nH]c(N)nc54)O[C@@H]3CO)O2)c(=O)n1. The average Bonchev–Trinajstić information content (AvgIpc) is 1.61. The molecule has 10 aromatic rings. The Balaban J connectivity index is 0.515. The summed E-state index contributed by atoms with van der Waals surface area (Å²) in [6.07, 6.45) is -31.5. The minimum atomic E-state index is -5.69. The molecule has 818 valence electrons. The molecule has 72 nitrogen and oxygen atoms in total. The number of aromatic nitrogens is 20. The summed E-state index contributed by atoms with van der Waals surface area (Å²) in [7, 11) is -38.6. The highest BCUT2D eigenvalue weighted by atomic mass is 31.2. The molecule has 0 spiro atoms. The van der Waals surface area contributed by atoms with Crippen molar-refractivity contribution < 1.29 is 178 Å². The third kappa shape index (κ3) is 25.4. The molecule has 0 bridgehead atoms. The van der Waals surface area contributed by atoms with Crippen LogP contribution in [0, 0.1) is 0 Å². The molecule has 0 aliphatic carbocycles. The van der Waals surface area contributed by atoms with Crippen molar-refractivity contribution in [2.45, 2.75) is 193 Å². The van der Waals surface area contributed by atoms with E-state index < -0.39 is 326 Å². The van der Waals surface area contributed by atoms with E-state index in [1.807, 2.05) is 0 Å². The zero-order valence-corrected chi connectivity index (χ0v) is 82.9. The van der Waals surface area contributed by atoms with Crippen LogP contribution < -0.4 is 79.6 Å². The van der Waals surface area contributed by atoms with Gasteiger partial charge in [-0.2, -0.15) is 34.9 Å². The summed E-state index contributed by atoms with van der Waals surface area (Å²) in [6, 6.07) is 4.81. The molecule has 0 amide bonds. The quantitative estimate of drug-likeness (QED) is 0.0163. The highest BCUT2D eigenvalue weighted by Crippen LogP contribution is 2.59. The third-order valence-corrected chi connectivity index (χ3v) is 31.3. The number of nitrogens with two attached hydrogens (primary N) is 7. The van der Waals surface area contributed by atoms with Crippen molar-refractivity contribution in [3.63, 3.8) is 0 Å². The maximum Gasteiger partial charge on any atom is 0.472 e.